The zero-order valence-corrected chi connectivity index (χ0v) is 13.3. The lowest BCUT2D eigenvalue weighted by Crippen LogP contribution is -1.97. The minimum absolute atomic E-state index is 0.678. The molecule has 0 radical (unpaired) electrons. The molecule has 112 valence electrons. The molecule has 23 heavy (non-hydrogen) atoms. The van der Waals surface area contributed by atoms with Crippen LogP contribution >= 0.6 is 23.2 Å². The maximum Gasteiger partial charge on any atom is 0.166 e. The maximum atomic E-state index is 5.97. The molecule has 2 aromatic carbocycles. The maximum absolute atomic E-state index is 5.97. The molecule has 0 spiro atoms. The van der Waals surface area contributed by atoms with Gasteiger partial charge >= 0.3 is 0 Å². The fraction of sp³-hybridized carbons (Fsp3) is 0. The quantitative estimate of drug-likeness (QED) is 0.527. The first-order valence-corrected chi connectivity index (χ1v) is 7.68. The normalized spacial score (nSPS) is 11.0. The van der Waals surface area contributed by atoms with E-state index >= 15 is 0 Å². The van der Waals surface area contributed by atoms with E-state index in [2.05, 4.69) is 9.97 Å². The van der Waals surface area contributed by atoms with Crippen molar-refractivity contribution in [2.75, 3.05) is 0 Å². The van der Waals surface area contributed by atoms with Gasteiger partial charge in [-0.1, -0.05) is 35.3 Å². The zero-order chi connectivity index (χ0) is 15.8. The lowest BCUT2D eigenvalue weighted by molar-refractivity contribution is 0.899. The Morgan fingerprint density at radius 2 is 1.48 bits per heavy atom. The number of hydrogen-bond acceptors (Lipinski definition) is 3. The van der Waals surface area contributed by atoms with Gasteiger partial charge in [0.05, 0.1) is 11.1 Å². The van der Waals surface area contributed by atoms with Gasteiger partial charge in [-0.05, 0) is 36.4 Å². The first-order valence-electron chi connectivity index (χ1n) is 6.93. The molecule has 0 unspecified atom stereocenters. The molecular formula is C17H10Cl2N4. The van der Waals surface area contributed by atoms with Crippen molar-refractivity contribution in [1.29, 1.82) is 0 Å². The van der Waals surface area contributed by atoms with Crippen LogP contribution in [0.1, 0.15) is 0 Å². The minimum atomic E-state index is 0.678. The minimum Gasteiger partial charge on any atom is -0.244 e. The van der Waals surface area contributed by atoms with Gasteiger partial charge in [-0.15, -0.1) is 0 Å². The van der Waals surface area contributed by atoms with Crippen molar-refractivity contribution >= 4 is 34.2 Å². The van der Waals surface area contributed by atoms with E-state index in [-0.39, 0.29) is 0 Å². The van der Waals surface area contributed by atoms with Crippen LogP contribution in [0.25, 0.3) is 28.0 Å². The molecule has 4 nitrogen and oxygen atoms in total. The summed E-state index contributed by atoms with van der Waals surface area (Å²) in [6.45, 7) is 0. The second-order valence-corrected chi connectivity index (χ2v) is 5.88. The summed E-state index contributed by atoms with van der Waals surface area (Å²) in [5.74, 6) is 0. The zero-order valence-electron chi connectivity index (χ0n) is 11.8. The van der Waals surface area contributed by atoms with E-state index in [0.29, 0.717) is 10.0 Å². The molecule has 0 aliphatic heterocycles. The smallest absolute Gasteiger partial charge is 0.166 e. The van der Waals surface area contributed by atoms with Gasteiger partial charge in [0.25, 0.3) is 0 Å². The third-order valence-electron chi connectivity index (χ3n) is 3.54. The molecule has 0 atom stereocenters. The Bertz CT molecular complexity index is 896. The van der Waals surface area contributed by atoms with Gasteiger partial charge in [-0.25, -0.2) is 14.6 Å². The van der Waals surface area contributed by atoms with Gasteiger partial charge in [0.1, 0.15) is 12.0 Å². The number of halogens is 2. The average Bonchev–Trinajstić information content (AvgIpc) is 2.96. The summed E-state index contributed by atoms with van der Waals surface area (Å²) in [4.78, 5) is 8.50. The van der Waals surface area contributed by atoms with Crippen molar-refractivity contribution in [3.05, 3.63) is 71.1 Å². The van der Waals surface area contributed by atoms with Gasteiger partial charge in [0.2, 0.25) is 0 Å². The molecule has 0 aliphatic carbocycles. The van der Waals surface area contributed by atoms with Crippen LogP contribution in [-0.2, 0) is 0 Å². The number of benzene rings is 2. The third kappa shape index (κ3) is 2.56. The second kappa shape index (κ2) is 5.65. The Morgan fingerprint density at radius 1 is 0.826 bits per heavy atom. The molecule has 0 saturated carbocycles. The molecule has 4 rings (SSSR count). The fourth-order valence-corrected chi connectivity index (χ4v) is 2.70. The van der Waals surface area contributed by atoms with Crippen molar-refractivity contribution in [1.82, 2.24) is 19.7 Å². The Kier molecular flexibility index (Phi) is 3.48. The Hall–Kier alpha value is -2.43. The van der Waals surface area contributed by atoms with E-state index in [0.717, 1.165) is 28.0 Å². The number of aromatic nitrogens is 4. The van der Waals surface area contributed by atoms with Crippen molar-refractivity contribution < 1.29 is 0 Å². The SMILES string of the molecule is Clc1ccc(-c2nn(-c3ccc(Cl)cc3)c3ncncc23)cc1. The summed E-state index contributed by atoms with van der Waals surface area (Å²) in [7, 11) is 0. The predicted molar refractivity (Wildman–Crippen MR) is 92.1 cm³/mol. The van der Waals surface area contributed by atoms with E-state index in [4.69, 9.17) is 28.3 Å². The molecule has 0 N–H and O–H groups in total. The summed E-state index contributed by atoms with van der Waals surface area (Å²) in [5.41, 5.74) is 3.40. The molecule has 0 bridgehead atoms. The number of rotatable bonds is 2. The van der Waals surface area contributed by atoms with Crippen molar-refractivity contribution in [3.63, 3.8) is 0 Å². The fourth-order valence-electron chi connectivity index (χ4n) is 2.44. The second-order valence-electron chi connectivity index (χ2n) is 5.00. The Labute approximate surface area is 142 Å². The molecule has 0 amide bonds. The van der Waals surface area contributed by atoms with Crippen LogP contribution in [0.2, 0.25) is 10.0 Å². The van der Waals surface area contributed by atoms with Gasteiger partial charge < -0.3 is 0 Å². The van der Waals surface area contributed by atoms with Gasteiger partial charge in [0, 0.05) is 21.8 Å². The molecule has 0 saturated heterocycles. The van der Waals surface area contributed by atoms with Crippen LogP contribution in [-0.4, -0.2) is 19.7 Å². The number of fused-ring (bicyclic) bond motifs is 1. The van der Waals surface area contributed by atoms with Gasteiger partial charge in [0.15, 0.2) is 5.65 Å². The number of nitrogens with zero attached hydrogens (tertiary/aromatic N) is 4. The third-order valence-corrected chi connectivity index (χ3v) is 4.04. The summed E-state index contributed by atoms with van der Waals surface area (Å²) in [5, 5.41) is 6.96. The van der Waals surface area contributed by atoms with Crippen LogP contribution < -0.4 is 0 Å². The molecule has 2 heterocycles. The van der Waals surface area contributed by atoms with E-state index < -0.39 is 0 Å². The summed E-state index contributed by atoms with van der Waals surface area (Å²) < 4.78 is 1.79. The van der Waals surface area contributed by atoms with Crippen LogP contribution in [0.5, 0.6) is 0 Å². The predicted octanol–water partition coefficient (Wildman–Crippen LogP) is 4.79. The first-order chi connectivity index (χ1) is 11.2. The molecule has 2 aromatic heterocycles. The molecule has 4 aromatic rings. The summed E-state index contributed by atoms with van der Waals surface area (Å²) in [6, 6.07) is 15.0. The van der Waals surface area contributed by atoms with Crippen molar-refractivity contribution in [2.24, 2.45) is 0 Å². The van der Waals surface area contributed by atoms with Crippen LogP contribution in [0, 0.1) is 0 Å². The van der Waals surface area contributed by atoms with Gasteiger partial charge in [-0.2, -0.15) is 5.10 Å². The topological polar surface area (TPSA) is 43.6 Å². The van der Waals surface area contributed by atoms with Crippen LogP contribution in [0.4, 0.5) is 0 Å². The Morgan fingerprint density at radius 3 is 2.17 bits per heavy atom. The van der Waals surface area contributed by atoms with Crippen molar-refractivity contribution in [2.45, 2.75) is 0 Å². The highest BCUT2D eigenvalue weighted by Gasteiger charge is 2.14. The molecular weight excluding hydrogens is 331 g/mol. The molecule has 0 fully saturated rings. The first kappa shape index (κ1) is 14.2. The lowest BCUT2D eigenvalue weighted by atomic mass is 10.1. The van der Waals surface area contributed by atoms with E-state index in [1.54, 1.807) is 10.9 Å². The monoisotopic (exact) mass is 340 g/mol. The average molecular weight is 341 g/mol. The molecule has 0 aliphatic rings. The highest BCUT2D eigenvalue weighted by molar-refractivity contribution is 6.30. The van der Waals surface area contributed by atoms with E-state index in [1.807, 2.05) is 48.5 Å². The van der Waals surface area contributed by atoms with Crippen molar-refractivity contribution in [3.8, 4) is 16.9 Å². The molecule has 6 heteroatoms. The van der Waals surface area contributed by atoms with E-state index in [9.17, 15) is 0 Å². The summed E-state index contributed by atoms with van der Waals surface area (Å²) >= 11 is 11.9. The largest absolute Gasteiger partial charge is 0.244 e. The Balaban J connectivity index is 1.96. The standard InChI is InChI=1S/C17H10Cl2N4/c18-12-3-1-11(2-4-12)16-15-9-20-10-21-17(15)23(22-16)14-7-5-13(19)6-8-14/h1-10H. The highest BCUT2D eigenvalue weighted by Crippen LogP contribution is 2.29. The van der Waals surface area contributed by atoms with E-state index in [1.165, 1.54) is 6.33 Å². The summed E-state index contributed by atoms with van der Waals surface area (Å²) in [6.07, 6.45) is 3.29. The van der Waals surface area contributed by atoms with Crippen LogP contribution in [0.3, 0.4) is 0 Å². The number of hydrogen-bond donors (Lipinski definition) is 0. The van der Waals surface area contributed by atoms with Crippen LogP contribution in [0.15, 0.2) is 61.1 Å². The lowest BCUT2D eigenvalue weighted by Gasteiger charge is -2.02. The van der Waals surface area contributed by atoms with Gasteiger partial charge in [-0.3, -0.25) is 0 Å². The highest BCUT2D eigenvalue weighted by atomic mass is 35.5.